The van der Waals surface area contributed by atoms with Crippen molar-refractivity contribution in [3.05, 3.63) is 95.8 Å². The molecule has 0 radical (unpaired) electrons. The molecule has 3 aromatic rings. The Bertz CT molecular complexity index is 1290. The number of likely N-dealkylation sites (tertiary alicyclic amines) is 1. The van der Waals surface area contributed by atoms with Gasteiger partial charge in [-0.3, -0.25) is 14.6 Å². The van der Waals surface area contributed by atoms with Crippen LogP contribution < -0.4 is 4.74 Å². The molecule has 1 saturated heterocycles. The molecular weight excluding hydrogens is 488 g/mol. The lowest BCUT2D eigenvalue weighted by molar-refractivity contribution is -0.189. The van der Waals surface area contributed by atoms with E-state index in [1.54, 1.807) is 80.6 Å². The first-order chi connectivity index (χ1) is 18.4. The summed E-state index contributed by atoms with van der Waals surface area (Å²) in [7, 11) is 1.51. The molecule has 0 N–H and O–H groups in total. The van der Waals surface area contributed by atoms with E-state index < -0.39 is 41.1 Å². The molecule has 1 aromatic heterocycles. The highest BCUT2D eigenvalue weighted by atomic mass is 16.6. The summed E-state index contributed by atoms with van der Waals surface area (Å²) < 4.78 is 16.0. The van der Waals surface area contributed by atoms with Gasteiger partial charge in [0.2, 0.25) is 11.3 Å². The van der Waals surface area contributed by atoms with E-state index in [4.69, 9.17) is 14.2 Å². The molecule has 1 amide bonds. The zero-order chi connectivity index (χ0) is 27.3. The number of amides is 1. The number of benzene rings is 2. The normalized spacial score (nSPS) is 17.6. The number of ketones is 1. The van der Waals surface area contributed by atoms with Crippen LogP contribution in [0.15, 0.2) is 79.0 Å². The van der Waals surface area contributed by atoms with E-state index in [0.29, 0.717) is 11.3 Å². The van der Waals surface area contributed by atoms with Crippen molar-refractivity contribution >= 4 is 23.6 Å². The largest absolute Gasteiger partial charge is 0.497 e. The summed E-state index contributed by atoms with van der Waals surface area (Å²) in [4.78, 5) is 60.6. The van der Waals surface area contributed by atoms with E-state index in [1.807, 2.05) is 0 Å². The molecule has 2 atom stereocenters. The number of ether oxygens (including phenoxy) is 3. The number of Topliss-reactive ketones (excluding diaryl/α,β-unsaturated/α-hetero) is 1. The lowest BCUT2D eigenvalue weighted by atomic mass is 9.62. The van der Waals surface area contributed by atoms with E-state index in [-0.39, 0.29) is 24.5 Å². The summed E-state index contributed by atoms with van der Waals surface area (Å²) in [5.74, 6) is -3.75. The maximum Gasteiger partial charge on any atom is 0.344 e. The molecule has 0 unspecified atom stereocenters. The van der Waals surface area contributed by atoms with Gasteiger partial charge in [-0.1, -0.05) is 36.4 Å². The monoisotopic (exact) mass is 516 g/mol. The number of carbonyl (C=O) groups is 4. The van der Waals surface area contributed by atoms with Crippen LogP contribution in [0.5, 0.6) is 5.75 Å². The molecular formula is C29H28N2O7. The second kappa shape index (κ2) is 11.2. The van der Waals surface area contributed by atoms with Crippen LogP contribution in [0.1, 0.15) is 46.2 Å². The number of methoxy groups -OCH3 is 1. The van der Waals surface area contributed by atoms with Crippen LogP contribution in [-0.4, -0.2) is 65.4 Å². The van der Waals surface area contributed by atoms with Crippen LogP contribution in [0.4, 0.5) is 0 Å². The van der Waals surface area contributed by atoms with E-state index >= 15 is 0 Å². The van der Waals surface area contributed by atoms with E-state index in [0.717, 1.165) is 4.90 Å². The summed E-state index contributed by atoms with van der Waals surface area (Å²) in [6.07, 6.45) is 1.46. The highest BCUT2D eigenvalue weighted by Gasteiger charge is 2.75. The first-order valence-corrected chi connectivity index (χ1v) is 12.2. The molecule has 196 valence electrons. The SMILES string of the molecule is CCOC(=O)C1(C(=O)OCC)[C@H](c2ccc(OC)cc2)[C@@H](C(=O)c2ccccn2)N1C(=O)c1ccccc1. The van der Waals surface area contributed by atoms with Crippen molar-refractivity contribution in [3.8, 4) is 5.75 Å². The Kier molecular flexibility index (Phi) is 7.85. The van der Waals surface area contributed by atoms with Gasteiger partial charge in [-0.25, -0.2) is 9.59 Å². The number of hydrogen-bond donors (Lipinski definition) is 0. The van der Waals surface area contributed by atoms with Crippen molar-refractivity contribution in [2.75, 3.05) is 20.3 Å². The molecule has 0 aliphatic carbocycles. The molecule has 38 heavy (non-hydrogen) atoms. The smallest absolute Gasteiger partial charge is 0.344 e. The van der Waals surface area contributed by atoms with Gasteiger partial charge in [0.1, 0.15) is 17.5 Å². The topological polar surface area (TPSA) is 112 Å². The van der Waals surface area contributed by atoms with Gasteiger partial charge in [0, 0.05) is 11.8 Å². The highest BCUT2D eigenvalue weighted by molar-refractivity contribution is 6.18. The first kappa shape index (κ1) is 26.5. The van der Waals surface area contributed by atoms with Crippen LogP contribution in [0.25, 0.3) is 0 Å². The van der Waals surface area contributed by atoms with Crippen molar-refractivity contribution in [1.29, 1.82) is 0 Å². The van der Waals surface area contributed by atoms with E-state index in [1.165, 1.54) is 19.4 Å². The third kappa shape index (κ3) is 4.40. The summed E-state index contributed by atoms with van der Waals surface area (Å²) in [6, 6.07) is 18.3. The van der Waals surface area contributed by atoms with Crippen LogP contribution >= 0.6 is 0 Å². The zero-order valence-electron chi connectivity index (χ0n) is 21.3. The average Bonchev–Trinajstić information content (AvgIpc) is 2.94. The molecule has 1 aliphatic rings. The fourth-order valence-corrected chi connectivity index (χ4v) is 4.85. The number of carbonyl (C=O) groups excluding carboxylic acids is 4. The van der Waals surface area contributed by atoms with Gasteiger partial charge in [-0.15, -0.1) is 0 Å². The van der Waals surface area contributed by atoms with Gasteiger partial charge >= 0.3 is 11.9 Å². The average molecular weight is 517 g/mol. The minimum Gasteiger partial charge on any atom is -0.497 e. The number of aromatic nitrogens is 1. The molecule has 2 heterocycles. The van der Waals surface area contributed by atoms with Crippen LogP contribution in [0.3, 0.4) is 0 Å². The molecule has 4 rings (SSSR count). The minimum atomic E-state index is -2.25. The number of rotatable bonds is 9. The first-order valence-electron chi connectivity index (χ1n) is 12.2. The molecule has 9 nitrogen and oxygen atoms in total. The Morgan fingerprint density at radius 1 is 0.842 bits per heavy atom. The number of esters is 2. The number of pyridine rings is 1. The quantitative estimate of drug-likeness (QED) is 0.242. The molecule has 0 bridgehead atoms. The Hall–Kier alpha value is -4.53. The van der Waals surface area contributed by atoms with Crippen LogP contribution in [-0.2, 0) is 19.1 Å². The summed E-state index contributed by atoms with van der Waals surface area (Å²) in [6.45, 7) is 3.08. The Labute approximate surface area is 220 Å². The third-order valence-electron chi connectivity index (χ3n) is 6.50. The summed E-state index contributed by atoms with van der Waals surface area (Å²) >= 11 is 0. The predicted octanol–water partition coefficient (Wildman–Crippen LogP) is 3.45. The van der Waals surface area contributed by atoms with Crippen molar-refractivity contribution in [2.24, 2.45) is 0 Å². The van der Waals surface area contributed by atoms with Crippen molar-refractivity contribution < 1.29 is 33.4 Å². The third-order valence-corrected chi connectivity index (χ3v) is 6.50. The van der Waals surface area contributed by atoms with Crippen LogP contribution in [0, 0.1) is 0 Å². The Morgan fingerprint density at radius 2 is 1.45 bits per heavy atom. The standard InChI is InChI=1S/C29H28N2O7/c1-4-37-27(34)29(28(35)38-5-2)23(19-14-16-21(36-3)17-15-19)24(25(32)22-13-9-10-18-30-22)31(29)26(33)20-11-7-6-8-12-20/h6-18,23-24H,4-5H2,1-3H3/t23-,24+/m1/s1. The number of nitrogens with zero attached hydrogens (tertiary/aromatic N) is 2. The van der Waals surface area contributed by atoms with Crippen molar-refractivity contribution in [2.45, 2.75) is 31.3 Å². The van der Waals surface area contributed by atoms with Crippen molar-refractivity contribution in [1.82, 2.24) is 9.88 Å². The Balaban J connectivity index is 1.98. The fourth-order valence-electron chi connectivity index (χ4n) is 4.85. The second-order valence-electron chi connectivity index (χ2n) is 8.52. The molecule has 1 aliphatic heterocycles. The van der Waals surface area contributed by atoms with Gasteiger partial charge in [-0.05, 0) is 55.8 Å². The fraction of sp³-hybridized carbons (Fsp3) is 0.276. The van der Waals surface area contributed by atoms with Gasteiger partial charge in [0.05, 0.1) is 26.2 Å². The lowest BCUT2D eigenvalue weighted by Crippen LogP contribution is -2.82. The van der Waals surface area contributed by atoms with Crippen LogP contribution in [0.2, 0.25) is 0 Å². The Morgan fingerprint density at radius 3 is 1.97 bits per heavy atom. The minimum absolute atomic E-state index is 0.0540. The van der Waals surface area contributed by atoms with E-state index in [9.17, 15) is 19.2 Å². The molecule has 0 spiro atoms. The van der Waals surface area contributed by atoms with Crippen molar-refractivity contribution in [3.63, 3.8) is 0 Å². The van der Waals surface area contributed by atoms with Gasteiger partial charge in [-0.2, -0.15) is 0 Å². The summed E-state index contributed by atoms with van der Waals surface area (Å²) in [5, 5.41) is 0. The van der Waals surface area contributed by atoms with Gasteiger partial charge in [0.15, 0.2) is 0 Å². The highest BCUT2D eigenvalue weighted by Crippen LogP contribution is 2.52. The second-order valence-corrected chi connectivity index (χ2v) is 8.52. The lowest BCUT2D eigenvalue weighted by Gasteiger charge is -2.58. The van der Waals surface area contributed by atoms with E-state index in [2.05, 4.69) is 4.98 Å². The van der Waals surface area contributed by atoms with Gasteiger partial charge in [0.25, 0.3) is 5.91 Å². The maximum atomic E-state index is 14.0. The molecule has 1 fully saturated rings. The zero-order valence-corrected chi connectivity index (χ0v) is 21.3. The van der Waals surface area contributed by atoms with Gasteiger partial charge < -0.3 is 19.1 Å². The maximum absolute atomic E-state index is 14.0. The molecule has 9 heteroatoms. The summed E-state index contributed by atoms with van der Waals surface area (Å²) in [5.41, 5.74) is -1.51. The predicted molar refractivity (Wildman–Crippen MR) is 137 cm³/mol. The number of hydrogen-bond acceptors (Lipinski definition) is 8. The molecule has 2 aromatic carbocycles. The molecule has 0 saturated carbocycles.